The standard InChI is InChI=1S/C7H13O3PS/c1-4-7-12-11(8,9-5-2)10-6-3/h7H,1,5-6H2,2-3H3. The van der Waals surface area contributed by atoms with Gasteiger partial charge in [-0.1, -0.05) is 6.58 Å². The third-order valence-corrected chi connectivity index (χ3v) is 4.24. The SMILES string of the molecule is C=C=CSP(=O)(OCC)OCC. The van der Waals surface area contributed by atoms with Crippen LogP contribution in [-0.2, 0) is 13.6 Å². The van der Waals surface area contributed by atoms with E-state index in [0.29, 0.717) is 13.2 Å². The molecule has 0 saturated carbocycles. The molecule has 3 nitrogen and oxygen atoms in total. The molecule has 0 aliphatic rings. The van der Waals surface area contributed by atoms with Gasteiger partial charge in [0.2, 0.25) is 0 Å². The van der Waals surface area contributed by atoms with Gasteiger partial charge in [-0.15, -0.1) is 5.73 Å². The summed E-state index contributed by atoms with van der Waals surface area (Å²) < 4.78 is 21.5. The molecule has 0 bridgehead atoms. The van der Waals surface area contributed by atoms with Crippen LogP contribution in [-0.4, -0.2) is 13.2 Å². The molecular formula is C7H13O3PS. The minimum absolute atomic E-state index is 0.370. The van der Waals surface area contributed by atoms with Crippen molar-refractivity contribution in [3.8, 4) is 0 Å². The average molecular weight is 208 g/mol. The van der Waals surface area contributed by atoms with Crippen molar-refractivity contribution in [1.29, 1.82) is 0 Å². The van der Waals surface area contributed by atoms with Crippen LogP contribution in [0.1, 0.15) is 13.8 Å². The van der Waals surface area contributed by atoms with E-state index in [9.17, 15) is 4.57 Å². The van der Waals surface area contributed by atoms with Crippen molar-refractivity contribution < 1.29 is 13.6 Å². The Morgan fingerprint density at radius 3 is 2.33 bits per heavy atom. The van der Waals surface area contributed by atoms with E-state index in [0.717, 1.165) is 11.4 Å². The van der Waals surface area contributed by atoms with Crippen LogP contribution in [0.5, 0.6) is 0 Å². The predicted octanol–water partition coefficient (Wildman–Crippen LogP) is 3.20. The first-order chi connectivity index (χ1) is 5.68. The van der Waals surface area contributed by atoms with Gasteiger partial charge in [0.05, 0.1) is 13.2 Å². The number of hydrogen-bond acceptors (Lipinski definition) is 4. The van der Waals surface area contributed by atoms with E-state index < -0.39 is 6.80 Å². The Kier molecular flexibility index (Phi) is 6.54. The van der Waals surface area contributed by atoms with E-state index in [-0.39, 0.29) is 0 Å². The molecule has 0 aliphatic carbocycles. The van der Waals surface area contributed by atoms with E-state index in [1.54, 1.807) is 13.8 Å². The summed E-state index contributed by atoms with van der Waals surface area (Å²) in [4.78, 5) is 0. The van der Waals surface area contributed by atoms with Crippen molar-refractivity contribution in [2.75, 3.05) is 13.2 Å². The zero-order valence-corrected chi connectivity index (χ0v) is 8.99. The molecule has 0 unspecified atom stereocenters. The molecule has 0 N–H and O–H groups in total. The summed E-state index contributed by atoms with van der Waals surface area (Å²) in [6.45, 7) is 4.65. The molecule has 0 aromatic heterocycles. The van der Waals surface area contributed by atoms with Gasteiger partial charge in [0.1, 0.15) is 0 Å². The molecule has 70 valence electrons. The lowest BCUT2D eigenvalue weighted by Gasteiger charge is -2.12. The first kappa shape index (κ1) is 12.0. The second-order valence-corrected chi connectivity index (χ2v) is 5.54. The minimum Gasteiger partial charge on any atom is -0.301 e. The Bertz CT molecular complexity index is 201. The van der Waals surface area contributed by atoms with Crippen molar-refractivity contribution in [3.63, 3.8) is 0 Å². The van der Waals surface area contributed by atoms with Gasteiger partial charge < -0.3 is 9.05 Å². The van der Waals surface area contributed by atoms with Gasteiger partial charge in [-0.2, -0.15) is 0 Å². The Morgan fingerprint density at radius 2 is 2.00 bits per heavy atom. The van der Waals surface area contributed by atoms with Crippen LogP contribution in [0.2, 0.25) is 0 Å². The molecule has 0 radical (unpaired) electrons. The van der Waals surface area contributed by atoms with Crippen LogP contribution >= 0.6 is 18.2 Å². The van der Waals surface area contributed by atoms with Gasteiger partial charge in [0, 0.05) is 5.41 Å². The minimum atomic E-state index is -2.98. The molecule has 0 aromatic carbocycles. The van der Waals surface area contributed by atoms with Gasteiger partial charge in [-0.05, 0) is 25.2 Å². The average Bonchev–Trinajstić information content (AvgIpc) is 2.02. The highest BCUT2D eigenvalue weighted by atomic mass is 32.7. The summed E-state index contributed by atoms with van der Waals surface area (Å²) >= 11 is 0.986. The second kappa shape index (κ2) is 6.53. The Hall–Kier alpha value is 0.0200. The quantitative estimate of drug-likeness (QED) is 0.496. The molecule has 12 heavy (non-hydrogen) atoms. The molecule has 0 heterocycles. The first-order valence-electron chi connectivity index (χ1n) is 3.60. The van der Waals surface area contributed by atoms with Crippen LogP contribution in [0, 0.1) is 0 Å². The molecule has 0 amide bonds. The topological polar surface area (TPSA) is 35.5 Å². The summed E-state index contributed by atoms with van der Waals surface area (Å²) in [6.07, 6.45) is 0. The Morgan fingerprint density at radius 1 is 1.50 bits per heavy atom. The van der Waals surface area contributed by atoms with Crippen LogP contribution in [0.3, 0.4) is 0 Å². The zero-order valence-electron chi connectivity index (χ0n) is 7.28. The monoisotopic (exact) mass is 208 g/mol. The molecule has 0 rings (SSSR count). The fraction of sp³-hybridized carbons (Fsp3) is 0.571. The van der Waals surface area contributed by atoms with Crippen LogP contribution in [0.4, 0.5) is 0 Å². The third-order valence-electron chi connectivity index (χ3n) is 0.840. The number of hydrogen-bond donors (Lipinski definition) is 0. The highest BCUT2D eigenvalue weighted by molar-refractivity contribution is 8.56. The summed E-state index contributed by atoms with van der Waals surface area (Å²) in [5.41, 5.74) is 2.50. The summed E-state index contributed by atoms with van der Waals surface area (Å²) in [7, 11) is 0. The Balaban J connectivity index is 4.17. The maximum absolute atomic E-state index is 11.6. The van der Waals surface area contributed by atoms with Gasteiger partial charge in [0.15, 0.2) is 0 Å². The molecule has 0 fully saturated rings. The molecule has 0 spiro atoms. The largest absolute Gasteiger partial charge is 0.393 e. The first-order valence-corrected chi connectivity index (χ1v) is 6.63. The maximum atomic E-state index is 11.6. The smallest absolute Gasteiger partial charge is 0.301 e. The fourth-order valence-corrected chi connectivity index (χ4v) is 3.16. The second-order valence-electron chi connectivity index (χ2n) is 1.71. The predicted molar refractivity (Wildman–Crippen MR) is 52.2 cm³/mol. The van der Waals surface area contributed by atoms with Gasteiger partial charge in [0.25, 0.3) is 0 Å². The van der Waals surface area contributed by atoms with Gasteiger partial charge in [-0.3, -0.25) is 0 Å². The van der Waals surface area contributed by atoms with Crippen molar-refractivity contribution in [2.24, 2.45) is 0 Å². The Labute approximate surface area is 77.1 Å². The molecule has 0 atom stereocenters. The van der Waals surface area contributed by atoms with Crippen LogP contribution < -0.4 is 0 Å². The van der Waals surface area contributed by atoms with Crippen LogP contribution in [0.25, 0.3) is 0 Å². The molecule has 0 aliphatic heterocycles. The summed E-state index contributed by atoms with van der Waals surface area (Å²) in [6, 6.07) is 0. The van der Waals surface area contributed by atoms with Gasteiger partial charge in [-0.25, -0.2) is 4.57 Å². The maximum Gasteiger partial charge on any atom is 0.393 e. The highest BCUT2D eigenvalue weighted by Crippen LogP contribution is 2.60. The van der Waals surface area contributed by atoms with Gasteiger partial charge >= 0.3 is 6.80 Å². The lowest BCUT2D eigenvalue weighted by atomic mass is 10.9. The van der Waals surface area contributed by atoms with Crippen molar-refractivity contribution in [3.05, 3.63) is 17.7 Å². The molecule has 5 heteroatoms. The zero-order chi connectivity index (χ0) is 9.45. The summed E-state index contributed by atoms with van der Waals surface area (Å²) in [5.74, 6) is 0. The lowest BCUT2D eigenvalue weighted by molar-refractivity contribution is 0.237. The van der Waals surface area contributed by atoms with Crippen molar-refractivity contribution in [2.45, 2.75) is 13.8 Å². The summed E-state index contributed by atoms with van der Waals surface area (Å²) in [5, 5.41) is 1.48. The molecule has 0 saturated heterocycles. The third kappa shape index (κ3) is 4.81. The van der Waals surface area contributed by atoms with Crippen LogP contribution in [0.15, 0.2) is 17.7 Å². The van der Waals surface area contributed by atoms with E-state index >= 15 is 0 Å². The highest BCUT2D eigenvalue weighted by Gasteiger charge is 2.22. The molecular weight excluding hydrogens is 195 g/mol. The van der Waals surface area contributed by atoms with E-state index in [2.05, 4.69) is 12.3 Å². The van der Waals surface area contributed by atoms with E-state index in [1.807, 2.05) is 0 Å². The van der Waals surface area contributed by atoms with Crippen molar-refractivity contribution in [1.82, 2.24) is 0 Å². The molecule has 0 aromatic rings. The number of rotatable bonds is 6. The van der Waals surface area contributed by atoms with Crippen molar-refractivity contribution >= 4 is 18.2 Å². The van der Waals surface area contributed by atoms with E-state index in [4.69, 9.17) is 9.05 Å². The normalized spacial score (nSPS) is 10.8. The lowest BCUT2D eigenvalue weighted by Crippen LogP contribution is -1.90. The fourth-order valence-electron chi connectivity index (χ4n) is 0.516. The van der Waals surface area contributed by atoms with E-state index in [1.165, 1.54) is 5.41 Å².